The summed E-state index contributed by atoms with van der Waals surface area (Å²) < 4.78 is 5.41. The van der Waals surface area contributed by atoms with Crippen LogP contribution in [0.25, 0.3) is 10.9 Å². The molecule has 0 fully saturated rings. The lowest BCUT2D eigenvalue weighted by Gasteiger charge is -2.08. The Morgan fingerprint density at radius 1 is 1.47 bits per heavy atom. The topological polar surface area (TPSA) is 67.0 Å². The molecule has 5 nitrogen and oxygen atoms in total. The summed E-state index contributed by atoms with van der Waals surface area (Å²) in [6.45, 7) is 5.97. The monoisotopic (exact) mass is 261 g/mol. The van der Waals surface area contributed by atoms with E-state index in [0.717, 1.165) is 17.5 Å². The molecular weight excluding hydrogens is 242 g/mol. The van der Waals surface area contributed by atoms with Crippen LogP contribution in [0.5, 0.6) is 0 Å². The van der Waals surface area contributed by atoms with E-state index in [9.17, 15) is 4.79 Å². The molecule has 0 spiro atoms. The quantitative estimate of drug-likeness (QED) is 0.781. The van der Waals surface area contributed by atoms with Gasteiger partial charge in [0.1, 0.15) is 0 Å². The number of carbonyl (C=O) groups is 1. The van der Waals surface area contributed by atoms with Crippen molar-refractivity contribution in [3.05, 3.63) is 30.0 Å². The molecule has 5 heteroatoms. The summed E-state index contributed by atoms with van der Waals surface area (Å²) in [4.78, 5) is 11.9. The van der Waals surface area contributed by atoms with Gasteiger partial charge in [-0.3, -0.25) is 9.89 Å². The van der Waals surface area contributed by atoms with Crippen LogP contribution in [-0.4, -0.2) is 35.9 Å². The largest absolute Gasteiger partial charge is 0.379 e. The normalized spacial score (nSPS) is 11.1. The number of hydrogen-bond acceptors (Lipinski definition) is 3. The zero-order valence-electron chi connectivity index (χ0n) is 11.3. The Bertz CT molecular complexity index is 548. The highest BCUT2D eigenvalue weighted by Gasteiger charge is 2.06. The lowest BCUT2D eigenvalue weighted by molar-refractivity contribution is 0.0886. The molecule has 0 atom stereocenters. The summed E-state index contributed by atoms with van der Waals surface area (Å²) in [6, 6.07) is 5.47. The molecule has 19 heavy (non-hydrogen) atoms. The SMILES string of the molecule is CC(C)COCCNC(=O)c1ccc2cn[nH]c2c1. The average molecular weight is 261 g/mol. The number of amides is 1. The van der Waals surface area contributed by atoms with Crippen molar-refractivity contribution in [3.63, 3.8) is 0 Å². The van der Waals surface area contributed by atoms with Gasteiger partial charge in [0.05, 0.1) is 18.3 Å². The molecule has 1 aromatic carbocycles. The molecule has 0 unspecified atom stereocenters. The van der Waals surface area contributed by atoms with Gasteiger partial charge >= 0.3 is 0 Å². The second kappa shape index (κ2) is 6.33. The van der Waals surface area contributed by atoms with E-state index >= 15 is 0 Å². The van der Waals surface area contributed by atoms with E-state index in [1.54, 1.807) is 18.3 Å². The molecule has 0 saturated heterocycles. The number of aromatic nitrogens is 2. The summed E-state index contributed by atoms with van der Waals surface area (Å²) in [5.74, 6) is 0.420. The molecule has 0 bridgehead atoms. The van der Waals surface area contributed by atoms with Crippen molar-refractivity contribution in [1.82, 2.24) is 15.5 Å². The third-order valence-corrected chi connectivity index (χ3v) is 2.69. The number of carbonyl (C=O) groups excluding carboxylic acids is 1. The van der Waals surface area contributed by atoms with Crippen LogP contribution < -0.4 is 5.32 Å². The van der Waals surface area contributed by atoms with Crippen LogP contribution >= 0.6 is 0 Å². The second-order valence-electron chi connectivity index (χ2n) is 4.90. The molecule has 102 valence electrons. The van der Waals surface area contributed by atoms with E-state index in [0.29, 0.717) is 24.6 Å². The number of hydrogen-bond donors (Lipinski definition) is 2. The number of rotatable bonds is 6. The molecule has 1 amide bonds. The van der Waals surface area contributed by atoms with Crippen LogP contribution in [0.15, 0.2) is 24.4 Å². The minimum atomic E-state index is -0.0929. The van der Waals surface area contributed by atoms with Crippen LogP contribution in [0.2, 0.25) is 0 Å². The molecule has 1 aromatic heterocycles. The van der Waals surface area contributed by atoms with E-state index in [1.807, 2.05) is 6.07 Å². The zero-order chi connectivity index (χ0) is 13.7. The van der Waals surface area contributed by atoms with Crippen molar-refractivity contribution < 1.29 is 9.53 Å². The second-order valence-corrected chi connectivity index (χ2v) is 4.90. The van der Waals surface area contributed by atoms with E-state index in [2.05, 4.69) is 29.4 Å². The van der Waals surface area contributed by atoms with Crippen LogP contribution in [0.4, 0.5) is 0 Å². The zero-order valence-corrected chi connectivity index (χ0v) is 11.3. The fraction of sp³-hybridized carbons (Fsp3) is 0.429. The fourth-order valence-corrected chi connectivity index (χ4v) is 1.74. The predicted octanol–water partition coefficient (Wildman–Crippen LogP) is 1.97. The standard InChI is InChI=1S/C14H19N3O2/c1-10(2)9-19-6-5-15-14(18)11-3-4-12-8-16-17-13(12)7-11/h3-4,7-8,10H,5-6,9H2,1-2H3,(H,15,18)(H,16,17). The maximum absolute atomic E-state index is 11.9. The molecule has 2 rings (SSSR count). The third-order valence-electron chi connectivity index (χ3n) is 2.69. The van der Waals surface area contributed by atoms with Gasteiger partial charge in [0, 0.05) is 24.1 Å². The van der Waals surface area contributed by atoms with Crippen LogP contribution in [0, 0.1) is 5.92 Å². The average Bonchev–Trinajstić information content (AvgIpc) is 2.84. The Labute approximate surface area is 112 Å². The number of aromatic amines is 1. The lowest BCUT2D eigenvalue weighted by atomic mass is 10.1. The van der Waals surface area contributed by atoms with Crippen molar-refractivity contribution in [1.29, 1.82) is 0 Å². The fourth-order valence-electron chi connectivity index (χ4n) is 1.74. The summed E-state index contributed by atoms with van der Waals surface area (Å²) in [6.07, 6.45) is 1.73. The predicted molar refractivity (Wildman–Crippen MR) is 74.1 cm³/mol. The minimum Gasteiger partial charge on any atom is -0.379 e. The number of H-pyrrole nitrogens is 1. The Hall–Kier alpha value is -1.88. The van der Waals surface area contributed by atoms with E-state index in [4.69, 9.17) is 4.74 Å². The summed E-state index contributed by atoms with van der Waals surface area (Å²) in [7, 11) is 0. The molecule has 1 heterocycles. The number of benzene rings is 1. The highest BCUT2D eigenvalue weighted by molar-refractivity contribution is 5.97. The highest BCUT2D eigenvalue weighted by atomic mass is 16.5. The van der Waals surface area contributed by atoms with Gasteiger partial charge in [-0.25, -0.2) is 0 Å². The molecular formula is C14H19N3O2. The molecule has 0 aliphatic heterocycles. The van der Waals surface area contributed by atoms with Gasteiger partial charge in [0.15, 0.2) is 0 Å². The Morgan fingerprint density at radius 3 is 3.11 bits per heavy atom. The summed E-state index contributed by atoms with van der Waals surface area (Å²) >= 11 is 0. The third kappa shape index (κ3) is 3.79. The van der Waals surface area contributed by atoms with Gasteiger partial charge in [-0.1, -0.05) is 19.9 Å². The Balaban J connectivity index is 1.82. The first kappa shape index (κ1) is 13.5. The Kier molecular flexibility index (Phi) is 4.52. The van der Waals surface area contributed by atoms with Gasteiger partial charge in [0.2, 0.25) is 0 Å². The lowest BCUT2D eigenvalue weighted by Crippen LogP contribution is -2.27. The molecule has 0 aliphatic carbocycles. The Morgan fingerprint density at radius 2 is 2.32 bits per heavy atom. The molecule has 0 saturated carbocycles. The van der Waals surface area contributed by atoms with Crippen LogP contribution in [0.1, 0.15) is 24.2 Å². The molecule has 2 aromatic rings. The van der Waals surface area contributed by atoms with Crippen molar-refractivity contribution in [3.8, 4) is 0 Å². The summed E-state index contributed by atoms with van der Waals surface area (Å²) in [5.41, 5.74) is 1.49. The maximum Gasteiger partial charge on any atom is 0.251 e. The first-order valence-electron chi connectivity index (χ1n) is 6.46. The van der Waals surface area contributed by atoms with Crippen LogP contribution in [-0.2, 0) is 4.74 Å². The van der Waals surface area contributed by atoms with Gasteiger partial charge in [-0.2, -0.15) is 5.10 Å². The number of ether oxygens (including phenoxy) is 1. The smallest absolute Gasteiger partial charge is 0.251 e. The van der Waals surface area contributed by atoms with Gasteiger partial charge < -0.3 is 10.1 Å². The molecule has 2 N–H and O–H groups in total. The molecule has 0 radical (unpaired) electrons. The van der Waals surface area contributed by atoms with Gasteiger partial charge in [-0.15, -0.1) is 0 Å². The number of fused-ring (bicyclic) bond motifs is 1. The van der Waals surface area contributed by atoms with E-state index in [-0.39, 0.29) is 5.91 Å². The highest BCUT2D eigenvalue weighted by Crippen LogP contribution is 2.12. The minimum absolute atomic E-state index is 0.0929. The van der Waals surface area contributed by atoms with Gasteiger partial charge in [0.25, 0.3) is 5.91 Å². The van der Waals surface area contributed by atoms with Crippen molar-refractivity contribution >= 4 is 16.8 Å². The first-order chi connectivity index (χ1) is 9.16. The number of nitrogens with one attached hydrogen (secondary N) is 2. The van der Waals surface area contributed by atoms with Gasteiger partial charge in [-0.05, 0) is 18.1 Å². The van der Waals surface area contributed by atoms with Crippen molar-refractivity contribution in [2.45, 2.75) is 13.8 Å². The van der Waals surface area contributed by atoms with E-state index < -0.39 is 0 Å². The summed E-state index contributed by atoms with van der Waals surface area (Å²) in [5, 5.41) is 10.6. The van der Waals surface area contributed by atoms with Crippen molar-refractivity contribution in [2.75, 3.05) is 19.8 Å². The number of nitrogens with zero attached hydrogens (tertiary/aromatic N) is 1. The molecule has 0 aliphatic rings. The maximum atomic E-state index is 11.9. The van der Waals surface area contributed by atoms with Crippen molar-refractivity contribution in [2.24, 2.45) is 5.92 Å². The van der Waals surface area contributed by atoms with E-state index in [1.165, 1.54) is 0 Å². The first-order valence-corrected chi connectivity index (χ1v) is 6.46. The van der Waals surface area contributed by atoms with Crippen LogP contribution in [0.3, 0.4) is 0 Å².